The second kappa shape index (κ2) is 7.70. The molecule has 0 aliphatic heterocycles. The van der Waals surface area contributed by atoms with Gasteiger partial charge in [0, 0.05) is 29.7 Å². The van der Waals surface area contributed by atoms with Gasteiger partial charge in [0.25, 0.3) is 5.91 Å². The highest BCUT2D eigenvalue weighted by atomic mass is 19.4. The van der Waals surface area contributed by atoms with Crippen LogP contribution in [0.15, 0.2) is 36.9 Å². The Balaban J connectivity index is 2.06. The van der Waals surface area contributed by atoms with Gasteiger partial charge >= 0.3 is 12.4 Å². The van der Waals surface area contributed by atoms with Crippen LogP contribution in [0, 0.1) is 0 Å². The van der Waals surface area contributed by atoms with Gasteiger partial charge in [0.05, 0.1) is 16.7 Å². The first-order chi connectivity index (χ1) is 14.3. The summed E-state index contributed by atoms with van der Waals surface area (Å²) < 4.78 is 79.1. The number of nitrogen functional groups attached to an aromatic ring is 1. The summed E-state index contributed by atoms with van der Waals surface area (Å²) in [6.45, 7) is 0. The lowest BCUT2D eigenvalue weighted by Gasteiger charge is -2.13. The van der Waals surface area contributed by atoms with Gasteiger partial charge in [0.15, 0.2) is 5.82 Å². The summed E-state index contributed by atoms with van der Waals surface area (Å²) in [5.74, 6) is -1.44. The van der Waals surface area contributed by atoms with Gasteiger partial charge in [0.1, 0.15) is 6.33 Å². The van der Waals surface area contributed by atoms with Crippen molar-refractivity contribution in [2.75, 3.05) is 5.73 Å². The summed E-state index contributed by atoms with van der Waals surface area (Å²) in [5.41, 5.74) is 7.11. The first-order valence-electron chi connectivity index (χ1n) is 8.15. The van der Waals surface area contributed by atoms with Crippen molar-refractivity contribution in [1.29, 1.82) is 0 Å². The fourth-order valence-corrected chi connectivity index (χ4v) is 2.44. The third-order valence-electron chi connectivity index (χ3n) is 3.86. The average molecular weight is 443 g/mol. The van der Waals surface area contributed by atoms with E-state index in [-0.39, 0.29) is 23.2 Å². The Labute approximate surface area is 169 Å². The zero-order valence-electron chi connectivity index (χ0n) is 15.1. The third-order valence-corrected chi connectivity index (χ3v) is 3.86. The first-order valence-corrected chi connectivity index (χ1v) is 8.15. The summed E-state index contributed by atoms with van der Waals surface area (Å²) in [4.78, 5) is 22.9. The lowest BCUT2D eigenvalue weighted by atomic mass is 10.0. The van der Waals surface area contributed by atoms with Crippen molar-refractivity contribution < 1.29 is 31.1 Å². The molecule has 0 saturated heterocycles. The van der Waals surface area contributed by atoms with E-state index in [4.69, 9.17) is 11.5 Å². The monoisotopic (exact) mass is 443 g/mol. The van der Waals surface area contributed by atoms with Crippen molar-refractivity contribution in [1.82, 2.24) is 24.7 Å². The van der Waals surface area contributed by atoms with Crippen LogP contribution >= 0.6 is 0 Å². The van der Waals surface area contributed by atoms with Crippen molar-refractivity contribution in [2.45, 2.75) is 12.4 Å². The largest absolute Gasteiger partial charge is 0.416 e. The summed E-state index contributed by atoms with van der Waals surface area (Å²) in [7, 11) is 0. The quantitative estimate of drug-likeness (QED) is 0.472. The molecule has 4 N–H and O–H groups in total. The molecular weight excluding hydrogens is 432 g/mol. The Bertz CT molecular complexity index is 1120. The van der Waals surface area contributed by atoms with E-state index in [2.05, 4.69) is 20.1 Å². The van der Waals surface area contributed by atoms with Crippen molar-refractivity contribution >= 4 is 23.6 Å². The number of alkyl halides is 6. The molecule has 0 atom stereocenters. The molecule has 0 aliphatic carbocycles. The minimum Gasteiger partial charge on any atom is -0.368 e. The van der Waals surface area contributed by atoms with Gasteiger partial charge in [-0.25, -0.2) is 19.6 Å². The molecule has 0 saturated carbocycles. The number of rotatable bonds is 4. The minimum absolute atomic E-state index is 0.00725. The first kappa shape index (κ1) is 21.7. The van der Waals surface area contributed by atoms with Gasteiger partial charge in [-0.3, -0.25) is 4.79 Å². The number of aromatic nitrogens is 5. The minimum atomic E-state index is -5.02. The highest BCUT2D eigenvalue weighted by Crippen LogP contribution is 2.38. The second-order valence-corrected chi connectivity index (χ2v) is 6.08. The van der Waals surface area contributed by atoms with Crippen LogP contribution in [0.3, 0.4) is 0 Å². The van der Waals surface area contributed by atoms with Gasteiger partial charge in [0.2, 0.25) is 5.95 Å². The number of hydrogen-bond donors (Lipinski definition) is 2. The molecule has 1 amide bonds. The number of carbonyl (C=O) groups is 1. The van der Waals surface area contributed by atoms with Crippen LogP contribution in [0.25, 0.3) is 23.2 Å². The molecule has 2 aromatic heterocycles. The van der Waals surface area contributed by atoms with Crippen LogP contribution in [0.2, 0.25) is 0 Å². The maximum Gasteiger partial charge on any atom is 0.416 e. The summed E-state index contributed by atoms with van der Waals surface area (Å²) in [6.07, 6.45) is -5.62. The lowest BCUT2D eigenvalue weighted by Crippen LogP contribution is -2.14. The number of hydrogen-bond acceptors (Lipinski definition) is 6. The maximum absolute atomic E-state index is 13.0. The van der Waals surface area contributed by atoms with E-state index >= 15 is 0 Å². The standard InChI is InChI=1S/C17H11F6N7O/c18-16(19,20)10-1-8(2-11(3-10)17(21,22)23)14-28-7-30(29-14)6-12(13(24)31)9-4-26-15(25)27-5-9/h1-7H,(H2,24,31)(H2,25,26,27)/b12-6-. The molecule has 14 heteroatoms. The molecule has 3 rings (SSSR count). The van der Waals surface area contributed by atoms with Gasteiger partial charge in [-0.2, -0.15) is 26.3 Å². The SMILES string of the molecule is NC(=O)/C(=C\n1cnc(-c2cc(C(F)(F)F)cc(C(F)(F)F)c2)n1)c1cnc(N)nc1. The molecule has 31 heavy (non-hydrogen) atoms. The van der Waals surface area contributed by atoms with E-state index in [1.807, 2.05) is 0 Å². The topological polar surface area (TPSA) is 126 Å². The number of nitrogens with zero attached hydrogens (tertiary/aromatic N) is 5. The zero-order chi connectivity index (χ0) is 23.0. The molecule has 0 aliphatic rings. The Morgan fingerprint density at radius 2 is 1.48 bits per heavy atom. The van der Waals surface area contributed by atoms with E-state index in [9.17, 15) is 31.1 Å². The van der Waals surface area contributed by atoms with Gasteiger partial charge in [-0.15, -0.1) is 5.10 Å². The van der Waals surface area contributed by atoms with Crippen molar-refractivity contribution in [2.24, 2.45) is 5.73 Å². The molecule has 0 bridgehead atoms. The van der Waals surface area contributed by atoms with E-state index in [0.29, 0.717) is 12.1 Å². The van der Waals surface area contributed by atoms with Crippen molar-refractivity contribution in [3.8, 4) is 11.4 Å². The fourth-order valence-electron chi connectivity index (χ4n) is 2.44. The average Bonchev–Trinajstić information content (AvgIpc) is 3.14. The number of benzene rings is 1. The van der Waals surface area contributed by atoms with Crippen LogP contribution in [-0.4, -0.2) is 30.6 Å². The van der Waals surface area contributed by atoms with Crippen LogP contribution < -0.4 is 11.5 Å². The van der Waals surface area contributed by atoms with E-state index < -0.39 is 40.8 Å². The number of amides is 1. The Morgan fingerprint density at radius 1 is 0.935 bits per heavy atom. The maximum atomic E-state index is 13.0. The highest BCUT2D eigenvalue weighted by molar-refractivity contribution is 6.22. The molecule has 0 unspecified atom stereocenters. The number of carbonyl (C=O) groups excluding carboxylic acids is 1. The predicted molar refractivity (Wildman–Crippen MR) is 95.3 cm³/mol. The third kappa shape index (κ3) is 4.96. The molecule has 2 heterocycles. The molecule has 1 aromatic carbocycles. The van der Waals surface area contributed by atoms with E-state index in [1.165, 1.54) is 12.4 Å². The zero-order valence-corrected chi connectivity index (χ0v) is 15.1. The molecule has 162 valence electrons. The second-order valence-electron chi connectivity index (χ2n) is 6.08. The van der Waals surface area contributed by atoms with E-state index in [1.54, 1.807) is 0 Å². The summed E-state index contributed by atoms with van der Waals surface area (Å²) in [6, 6.07) is 0.968. The highest BCUT2D eigenvalue weighted by Gasteiger charge is 2.37. The normalized spacial score (nSPS) is 12.8. The molecule has 0 spiro atoms. The van der Waals surface area contributed by atoms with Crippen LogP contribution in [-0.2, 0) is 17.1 Å². The Kier molecular flexibility index (Phi) is 5.40. The fraction of sp³-hybridized carbons (Fsp3) is 0.118. The molecule has 0 radical (unpaired) electrons. The van der Waals surface area contributed by atoms with Crippen LogP contribution in [0.1, 0.15) is 16.7 Å². The smallest absolute Gasteiger partial charge is 0.368 e. The lowest BCUT2D eigenvalue weighted by molar-refractivity contribution is -0.143. The summed E-state index contributed by atoms with van der Waals surface area (Å²) in [5, 5.41) is 3.81. The van der Waals surface area contributed by atoms with E-state index in [0.717, 1.165) is 17.2 Å². The predicted octanol–water partition coefficient (Wildman–Crippen LogP) is 2.84. The van der Waals surface area contributed by atoms with Gasteiger partial charge in [-0.1, -0.05) is 0 Å². The van der Waals surface area contributed by atoms with Crippen LogP contribution in [0.5, 0.6) is 0 Å². The number of nitrogens with two attached hydrogens (primary N) is 2. The van der Waals surface area contributed by atoms with Gasteiger partial charge in [-0.05, 0) is 18.2 Å². The number of anilines is 1. The molecule has 8 nitrogen and oxygen atoms in total. The Hall–Kier alpha value is -3.97. The van der Waals surface area contributed by atoms with Crippen molar-refractivity contribution in [3.05, 3.63) is 53.6 Å². The van der Waals surface area contributed by atoms with Crippen molar-refractivity contribution in [3.63, 3.8) is 0 Å². The molecule has 3 aromatic rings. The van der Waals surface area contributed by atoms with Crippen LogP contribution in [0.4, 0.5) is 32.3 Å². The number of primary amides is 1. The van der Waals surface area contributed by atoms with Gasteiger partial charge < -0.3 is 11.5 Å². The molecular formula is C17H11F6N7O. The summed E-state index contributed by atoms with van der Waals surface area (Å²) >= 11 is 0. The number of halogens is 6. The molecule has 0 fully saturated rings. The Morgan fingerprint density at radius 3 is 1.97 bits per heavy atom.